The van der Waals surface area contributed by atoms with Gasteiger partial charge in [0.15, 0.2) is 17.6 Å². The highest BCUT2D eigenvalue weighted by atomic mass is 16.5. The highest BCUT2D eigenvalue weighted by molar-refractivity contribution is 5.81. The highest BCUT2D eigenvalue weighted by Gasteiger charge is 2.23. The third kappa shape index (κ3) is 4.69. The van der Waals surface area contributed by atoms with E-state index in [1.54, 1.807) is 26.2 Å². The van der Waals surface area contributed by atoms with E-state index < -0.39 is 6.10 Å². The van der Waals surface area contributed by atoms with Gasteiger partial charge in [-0.15, -0.1) is 0 Å². The molecule has 0 spiro atoms. The normalized spacial score (nSPS) is 11.6. The lowest BCUT2D eigenvalue weighted by molar-refractivity contribution is -0.138. The van der Waals surface area contributed by atoms with E-state index in [0.29, 0.717) is 24.5 Å². The first-order valence-electron chi connectivity index (χ1n) is 8.68. The van der Waals surface area contributed by atoms with Crippen LogP contribution in [0.25, 0.3) is 0 Å². The third-order valence-corrected chi connectivity index (χ3v) is 4.25. The summed E-state index contributed by atoms with van der Waals surface area (Å²) in [4.78, 5) is 14.5. The van der Waals surface area contributed by atoms with Crippen molar-refractivity contribution in [3.8, 4) is 17.2 Å². The van der Waals surface area contributed by atoms with E-state index in [0.717, 1.165) is 16.9 Å². The quantitative estimate of drug-likeness (QED) is 0.720. The van der Waals surface area contributed by atoms with Crippen LogP contribution in [0.3, 0.4) is 0 Å². The lowest BCUT2D eigenvalue weighted by Crippen LogP contribution is -2.39. The van der Waals surface area contributed by atoms with E-state index in [-0.39, 0.29) is 5.91 Å². The molecule has 0 aromatic heterocycles. The molecule has 140 valence electrons. The SMILES string of the molecule is CC[C@@H](Oc1ccccc1C)C(=O)N(C)Cc1ccc(OC)c(OC)c1. The van der Waals surface area contributed by atoms with Crippen molar-refractivity contribution < 1.29 is 19.0 Å². The molecule has 2 rings (SSSR count). The number of aryl methyl sites for hydroxylation is 1. The van der Waals surface area contributed by atoms with E-state index >= 15 is 0 Å². The predicted molar refractivity (Wildman–Crippen MR) is 102 cm³/mol. The lowest BCUT2D eigenvalue weighted by atomic mass is 10.1. The van der Waals surface area contributed by atoms with Crippen molar-refractivity contribution in [3.63, 3.8) is 0 Å². The summed E-state index contributed by atoms with van der Waals surface area (Å²) >= 11 is 0. The van der Waals surface area contributed by atoms with Gasteiger partial charge in [-0.25, -0.2) is 0 Å². The van der Waals surface area contributed by atoms with Gasteiger partial charge in [-0.2, -0.15) is 0 Å². The summed E-state index contributed by atoms with van der Waals surface area (Å²) in [6.45, 7) is 4.39. The number of carbonyl (C=O) groups is 1. The molecule has 0 aliphatic heterocycles. The molecule has 5 nitrogen and oxygen atoms in total. The molecule has 0 N–H and O–H groups in total. The number of methoxy groups -OCH3 is 2. The molecule has 0 fully saturated rings. The molecule has 0 radical (unpaired) electrons. The molecule has 0 heterocycles. The third-order valence-electron chi connectivity index (χ3n) is 4.25. The Labute approximate surface area is 155 Å². The number of hydrogen-bond acceptors (Lipinski definition) is 4. The van der Waals surface area contributed by atoms with Gasteiger partial charge in [-0.1, -0.05) is 31.2 Å². The van der Waals surface area contributed by atoms with Gasteiger partial charge in [-0.05, 0) is 42.7 Å². The molecule has 26 heavy (non-hydrogen) atoms. The second-order valence-corrected chi connectivity index (χ2v) is 6.16. The minimum atomic E-state index is -0.513. The maximum atomic E-state index is 12.8. The molecule has 0 unspecified atom stereocenters. The van der Waals surface area contributed by atoms with Crippen LogP contribution in [0.4, 0.5) is 0 Å². The van der Waals surface area contributed by atoms with Crippen LogP contribution in [0.2, 0.25) is 0 Å². The number of rotatable bonds is 8. The standard InChI is InChI=1S/C21H27NO4/c1-6-17(26-18-10-8-7-9-15(18)2)21(23)22(3)14-16-11-12-19(24-4)20(13-16)25-5/h7-13,17H,6,14H2,1-5H3/t17-/m1/s1. The molecular weight excluding hydrogens is 330 g/mol. The minimum Gasteiger partial charge on any atom is -0.493 e. The maximum Gasteiger partial charge on any atom is 0.263 e. The number of benzene rings is 2. The zero-order valence-electron chi connectivity index (χ0n) is 16.1. The number of likely N-dealkylation sites (N-methyl/N-ethyl adjacent to an activating group) is 1. The van der Waals surface area contributed by atoms with Crippen LogP contribution in [0.15, 0.2) is 42.5 Å². The van der Waals surface area contributed by atoms with Crippen LogP contribution in [0.5, 0.6) is 17.2 Å². The van der Waals surface area contributed by atoms with Crippen molar-refractivity contribution in [1.29, 1.82) is 0 Å². The summed E-state index contributed by atoms with van der Waals surface area (Å²) in [5.74, 6) is 2.01. The van der Waals surface area contributed by atoms with E-state index in [9.17, 15) is 4.79 Å². The van der Waals surface area contributed by atoms with Crippen molar-refractivity contribution >= 4 is 5.91 Å². The second-order valence-electron chi connectivity index (χ2n) is 6.16. The van der Waals surface area contributed by atoms with Crippen molar-refractivity contribution in [2.45, 2.75) is 32.9 Å². The van der Waals surface area contributed by atoms with Gasteiger partial charge in [0.05, 0.1) is 14.2 Å². The van der Waals surface area contributed by atoms with E-state index in [2.05, 4.69) is 0 Å². The maximum absolute atomic E-state index is 12.8. The van der Waals surface area contributed by atoms with Crippen LogP contribution in [0.1, 0.15) is 24.5 Å². The average Bonchev–Trinajstić information content (AvgIpc) is 2.66. The van der Waals surface area contributed by atoms with Crippen molar-refractivity contribution in [2.24, 2.45) is 0 Å². The summed E-state index contributed by atoms with van der Waals surface area (Å²) in [5, 5.41) is 0. The Hall–Kier alpha value is -2.69. The second kappa shape index (κ2) is 9.13. The fourth-order valence-corrected chi connectivity index (χ4v) is 2.73. The van der Waals surface area contributed by atoms with Crippen LogP contribution in [0, 0.1) is 6.92 Å². The van der Waals surface area contributed by atoms with Gasteiger partial charge in [0.1, 0.15) is 5.75 Å². The number of ether oxygens (including phenoxy) is 3. The molecular formula is C21H27NO4. The molecule has 5 heteroatoms. The Morgan fingerprint density at radius 3 is 2.35 bits per heavy atom. The molecule has 1 atom stereocenters. The Balaban J connectivity index is 2.08. The van der Waals surface area contributed by atoms with Crippen LogP contribution >= 0.6 is 0 Å². The van der Waals surface area contributed by atoms with Gasteiger partial charge >= 0.3 is 0 Å². The average molecular weight is 357 g/mol. The zero-order chi connectivity index (χ0) is 19.1. The van der Waals surface area contributed by atoms with Crippen molar-refractivity contribution in [2.75, 3.05) is 21.3 Å². The van der Waals surface area contributed by atoms with Crippen LogP contribution < -0.4 is 14.2 Å². The molecule has 0 aliphatic carbocycles. The number of nitrogens with zero attached hydrogens (tertiary/aromatic N) is 1. The summed E-state index contributed by atoms with van der Waals surface area (Å²) in [6, 6.07) is 13.4. The van der Waals surface area contributed by atoms with E-state index in [1.807, 2.05) is 56.3 Å². The Bertz CT molecular complexity index is 745. The molecule has 0 saturated carbocycles. The van der Waals surface area contributed by atoms with Gasteiger partial charge in [0, 0.05) is 13.6 Å². The van der Waals surface area contributed by atoms with E-state index in [4.69, 9.17) is 14.2 Å². The fraction of sp³-hybridized carbons (Fsp3) is 0.381. The first kappa shape index (κ1) is 19.6. The molecule has 2 aromatic rings. The molecule has 0 aliphatic rings. The van der Waals surface area contributed by atoms with Crippen molar-refractivity contribution in [3.05, 3.63) is 53.6 Å². The molecule has 2 aromatic carbocycles. The first-order chi connectivity index (χ1) is 12.5. The predicted octanol–water partition coefficient (Wildman–Crippen LogP) is 3.83. The summed E-state index contributed by atoms with van der Waals surface area (Å²) < 4.78 is 16.5. The summed E-state index contributed by atoms with van der Waals surface area (Å²) in [5.41, 5.74) is 1.98. The number of amides is 1. The highest BCUT2D eigenvalue weighted by Crippen LogP contribution is 2.28. The van der Waals surface area contributed by atoms with Crippen molar-refractivity contribution in [1.82, 2.24) is 4.90 Å². The number of hydrogen-bond donors (Lipinski definition) is 0. The molecule has 0 bridgehead atoms. The van der Waals surface area contributed by atoms with Gasteiger partial charge in [0.2, 0.25) is 0 Å². The molecule has 1 amide bonds. The Kier molecular flexibility index (Phi) is 6.89. The largest absolute Gasteiger partial charge is 0.493 e. The Morgan fingerprint density at radius 2 is 1.73 bits per heavy atom. The van der Waals surface area contributed by atoms with Gasteiger partial charge < -0.3 is 19.1 Å². The zero-order valence-corrected chi connectivity index (χ0v) is 16.1. The number of carbonyl (C=O) groups excluding carboxylic acids is 1. The fourth-order valence-electron chi connectivity index (χ4n) is 2.73. The monoisotopic (exact) mass is 357 g/mol. The number of para-hydroxylation sites is 1. The topological polar surface area (TPSA) is 48.0 Å². The summed E-state index contributed by atoms with van der Waals surface area (Å²) in [7, 11) is 4.98. The minimum absolute atomic E-state index is 0.0504. The first-order valence-corrected chi connectivity index (χ1v) is 8.68. The van der Waals surface area contributed by atoms with Crippen LogP contribution in [-0.2, 0) is 11.3 Å². The smallest absolute Gasteiger partial charge is 0.263 e. The summed E-state index contributed by atoms with van der Waals surface area (Å²) in [6.07, 6.45) is 0.0879. The van der Waals surface area contributed by atoms with Gasteiger partial charge in [0.25, 0.3) is 5.91 Å². The Morgan fingerprint density at radius 1 is 1.04 bits per heavy atom. The molecule has 0 saturated heterocycles. The van der Waals surface area contributed by atoms with Gasteiger partial charge in [-0.3, -0.25) is 4.79 Å². The van der Waals surface area contributed by atoms with E-state index in [1.165, 1.54) is 0 Å². The van der Waals surface area contributed by atoms with Crippen LogP contribution in [-0.4, -0.2) is 38.2 Å². The lowest BCUT2D eigenvalue weighted by Gasteiger charge is -2.24.